The van der Waals surface area contributed by atoms with Gasteiger partial charge < -0.3 is 4.74 Å². The molecule has 5 nitrogen and oxygen atoms in total. The zero-order valence-electron chi connectivity index (χ0n) is 9.53. The fraction of sp³-hybridized carbons (Fsp3) is 0.500. The second-order valence-corrected chi connectivity index (χ2v) is 4.40. The summed E-state index contributed by atoms with van der Waals surface area (Å²) in [5.41, 5.74) is 3.14. The van der Waals surface area contributed by atoms with Crippen LogP contribution in [0.25, 0.3) is 0 Å². The van der Waals surface area contributed by atoms with Gasteiger partial charge in [-0.05, 0) is 24.1 Å². The minimum atomic E-state index is -0.231. The number of nitrogen functional groups attached to an aromatic ring is 1. The molecule has 0 aliphatic rings. The third-order valence-corrected chi connectivity index (χ3v) is 3.16. The van der Waals surface area contributed by atoms with Gasteiger partial charge in [0.2, 0.25) is 0 Å². The number of nitrogens with zero attached hydrogens (tertiary/aromatic N) is 1. The van der Waals surface area contributed by atoms with Crippen molar-refractivity contribution in [3.05, 3.63) is 21.9 Å². The molecule has 6 heteroatoms. The summed E-state index contributed by atoms with van der Waals surface area (Å²) in [5.74, 6) is 4.89. The Morgan fingerprint density at radius 2 is 2.44 bits per heavy atom. The lowest BCUT2D eigenvalue weighted by Crippen LogP contribution is -2.31. The maximum absolute atomic E-state index is 11.4. The van der Waals surface area contributed by atoms with Crippen LogP contribution in [0.4, 0.5) is 0 Å². The normalized spacial score (nSPS) is 10.8. The van der Waals surface area contributed by atoms with Crippen LogP contribution in [0.5, 0.6) is 0 Å². The fourth-order valence-electron chi connectivity index (χ4n) is 1.34. The van der Waals surface area contributed by atoms with Crippen LogP contribution in [0.2, 0.25) is 0 Å². The molecule has 0 aliphatic heterocycles. The van der Waals surface area contributed by atoms with Gasteiger partial charge in [0.25, 0.3) is 5.91 Å². The topological polar surface area (TPSA) is 67.6 Å². The molecule has 0 spiro atoms. The zero-order valence-corrected chi connectivity index (χ0v) is 10.3. The third-order valence-electron chi connectivity index (χ3n) is 2.20. The molecule has 0 aromatic carbocycles. The summed E-state index contributed by atoms with van der Waals surface area (Å²) in [6.07, 6.45) is 0. The average Bonchev–Trinajstić information content (AvgIpc) is 2.73. The number of rotatable bonds is 6. The van der Waals surface area contributed by atoms with E-state index in [0.29, 0.717) is 11.5 Å². The van der Waals surface area contributed by atoms with Gasteiger partial charge in [0, 0.05) is 20.2 Å². The van der Waals surface area contributed by atoms with Crippen molar-refractivity contribution in [3.8, 4) is 0 Å². The van der Waals surface area contributed by atoms with Crippen molar-refractivity contribution >= 4 is 17.2 Å². The highest BCUT2D eigenvalue weighted by Gasteiger charge is 2.13. The van der Waals surface area contributed by atoms with E-state index in [0.717, 1.165) is 18.7 Å². The minimum absolute atomic E-state index is 0.231. The number of thiophene rings is 1. The number of likely N-dealkylation sites (N-methyl/N-ethyl adjacent to an activating group) is 1. The molecule has 0 atom stereocenters. The number of amides is 1. The van der Waals surface area contributed by atoms with E-state index in [1.807, 2.05) is 18.5 Å². The molecule has 0 aliphatic carbocycles. The van der Waals surface area contributed by atoms with Crippen molar-refractivity contribution in [2.45, 2.75) is 6.54 Å². The second kappa shape index (κ2) is 6.59. The molecule has 3 N–H and O–H groups in total. The van der Waals surface area contributed by atoms with Crippen LogP contribution >= 0.6 is 11.3 Å². The average molecular weight is 243 g/mol. The quantitative estimate of drug-likeness (QED) is 0.432. The predicted octanol–water partition coefficient (Wildman–Crippen LogP) is 0.430. The molecule has 1 heterocycles. The smallest absolute Gasteiger partial charge is 0.275 e. The lowest BCUT2D eigenvalue weighted by molar-refractivity contribution is 0.0955. The Hall–Kier alpha value is -0.950. The standard InChI is InChI=1S/C10H17N3O2S/c1-13(4-5-15-2)7-8-3-6-16-9(8)10(14)12-11/h3,6H,4-5,7,11H2,1-2H3,(H,12,14). The van der Waals surface area contributed by atoms with Gasteiger partial charge in [-0.1, -0.05) is 0 Å². The van der Waals surface area contributed by atoms with Crippen molar-refractivity contribution < 1.29 is 9.53 Å². The lowest BCUT2D eigenvalue weighted by Gasteiger charge is -2.15. The van der Waals surface area contributed by atoms with Gasteiger partial charge in [0.15, 0.2) is 0 Å². The third kappa shape index (κ3) is 3.57. The molecular formula is C10H17N3O2S. The molecule has 0 saturated heterocycles. The molecule has 16 heavy (non-hydrogen) atoms. The molecule has 1 aromatic heterocycles. The number of hydrazine groups is 1. The Bertz CT molecular complexity index is 341. The van der Waals surface area contributed by atoms with Crippen molar-refractivity contribution in [1.29, 1.82) is 0 Å². The Morgan fingerprint density at radius 3 is 3.06 bits per heavy atom. The van der Waals surface area contributed by atoms with E-state index in [4.69, 9.17) is 10.6 Å². The number of nitrogens with one attached hydrogen (secondary N) is 1. The van der Waals surface area contributed by atoms with Crippen LogP contribution in [-0.2, 0) is 11.3 Å². The number of hydrogen-bond acceptors (Lipinski definition) is 5. The fourth-order valence-corrected chi connectivity index (χ4v) is 2.16. The Balaban J connectivity index is 2.59. The summed E-state index contributed by atoms with van der Waals surface area (Å²) >= 11 is 1.40. The van der Waals surface area contributed by atoms with Crippen molar-refractivity contribution in [1.82, 2.24) is 10.3 Å². The first-order valence-corrected chi connectivity index (χ1v) is 5.81. The molecule has 1 amide bonds. The largest absolute Gasteiger partial charge is 0.383 e. The highest BCUT2D eigenvalue weighted by Crippen LogP contribution is 2.17. The van der Waals surface area contributed by atoms with Crippen LogP contribution in [0.1, 0.15) is 15.2 Å². The summed E-state index contributed by atoms with van der Waals surface area (Å²) in [7, 11) is 3.66. The lowest BCUT2D eigenvalue weighted by atomic mass is 10.2. The highest BCUT2D eigenvalue weighted by atomic mass is 32.1. The maximum atomic E-state index is 11.4. The minimum Gasteiger partial charge on any atom is -0.383 e. The zero-order chi connectivity index (χ0) is 12.0. The summed E-state index contributed by atoms with van der Waals surface area (Å²) in [4.78, 5) is 14.2. The molecule has 0 unspecified atom stereocenters. The van der Waals surface area contributed by atoms with Gasteiger partial charge in [-0.2, -0.15) is 0 Å². The predicted molar refractivity (Wildman–Crippen MR) is 64.2 cm³/mol. The monoisotopic (exact) mass is 243 g/mol. The molecular weight excluding hydrogens is 226 g/mol. The number of ether oxygens (including phenoxy) is 1. The Kier molecular flexibility index (Phi) is 5.41. The van der Waals surface area contributed by atoms with E-state index in [9.17, 15) is 4.79 Å². The van der Waals surface area contributed by atoms with Gasteiger partial charge in [0.1, 0.15) is 0 Å². The summed E-state index contributed by atoms with van der Waals surface area (Å²) in [5, 5.41) is 1.89. The van der Waals surface area contributed by atoms with Crippen molar-refractivity contribution in [3.63, 3.8) is 0 Å². The van der Waals surface area contributed by atoms with Gasteiger partial charge >= 0.3 is 0 Å². The number of methoxy groups -OCH3 is 1. The molecule has 1 aromatic rings. The van der Waals surface area contributed by atoms with Crippen LogP contribution in [-0.4, -0.2) is 38.1 Å². The van der Waals surface area contributed by atoms with Crippen LogP contribution in [0.15, 0.2) is 11.4 Å². The van der Waals surface area contributed by atoms with Crippen LogP contribution in [0, 0.1) is 0 Å². The molecule has 0 bridgehead atoms. The molecule has 0 radical (unpaired) electrons. The summed E-state index contributed by atoms with van der Waals surface area (Å²) in [6.45, 7) is 2.23. The van der Waals surface area contributed by atoms with E-state index in [1.54, 1.807) is 7.11 Å². The molecule has 1 rings (SSSR count). The number of carbonyl (C=O) groups excluding carboxylic acids is 1. The van der Waals surface area contributed by atoms with Crippen molar-refractivity contribution in [2.75, 3.05) is 27.3 Å². The highest BCUT2D eigenvalue weighted by molar-refractivity contribution is 7.12. The first-order chi connectivity index (χ1) is 7.69. The van der Waals surface area contributed by atoms with Gasteiger partial charge in [-0.3, -0.25) is 15.1 Å². The summed E-state index contributed by atoms with van der Waals surface area (Å²) < 4.78 is 4.99. The Morgan fingerprint density at radius 1 is 1.69 bits per heavy atom. The number of nitrogens with two attached hydrogens (primary N) is 1. The van der Waals surface area contributed by atoms with E-state index in [1.165, 1.54) is 11.3 Å². The first kappa shape index (κ1) is 13.1. The van der Waals surface area contributed by atoms with E-state index < -0.39 is 0 Å². The Labute approximate surface area is 99.2 Å². The van der Waals surface area contributed by atoms with Gasteiger partial charge in [0.05, 0.1) is 11.5 Å². The van der Waals surface area contributed by atoms with E-state index in [-0.39, 0.29) is 5.91 Å². The maximum Gasteiger partial charge on any atom is 0.275 e. The van der Waals surface area contributed by atoms with Gasteiger partial charge in [-0.25, -0.2) is 5.84 Å². The van der Waals surface area contributed by atoms with E-state index in [2.05, 4.69) is 10.3 Å². The van der Waals surface area contributed by atoms with Crippen molar-refractivity contribution in [2.24, 2.45) is 5.84 Å². The molecule has 0 saturated carbocycles. The van der Waals surface area contributed by atoms with Crippen LogP contribution < -0.4 is 11.3 Å². The van der Waals surface area contributed by atoms with Crippen LogP contribution in [0.3, 0.4) is 0 Å². The molecule has 0 fully saturated rings. The molecule has 90 valence electrons. The SMILES string of the molecule is COCCN(C)Cc1ccsc1C(=O)NN. The van der Waals surface area contributed by atoms with Gasteiger partial charge in [-0.15, -0.1) is 11.3 Å². The number of hydrogen-bond donors (Lipinski definition) is 2. The second-order valence-electron chi connectivity index (χ2n) is 3.48. The first-order valence-electron chi connectivity index (χ1n) is 4.93. The number of carbonyl (C=O) groups is 1. The van der Waals surface area contributed by atoms with E-state index >= 15 is 0 Å². The summed E-state index contributed by atoms with van der Waals surface area (Å²) in [6, 6.07) is 1.94.